The average Bonchev–Trinajstić information content (AvgIpc) is 2.29. The zero-order valence-electron chi connectivity index (χ0n) is 9.01. The number of halogens is 1. The predicted molar refractivity (Wildman–Crippen MR) is 61.4 cm³/mol. The molecule has 0 radical (unpaired) electrons. The molecule has 16 heavy (non-hydrogen) atoms. The second kappa shape index (κ2) is 6.51. The van der Waals surface area contributed by atoms with Gasteiger partial charge in [0.25, 0.3) is 0 Å². The van der Waals surface area contributed by atoms with E-state index >= 15 is 0 Å². The molecule has 0 N–H and O–H groups in total. The first-order chi connectivity index (χ1) is 7.36. The van der Waals surface area contributed by atoms with Crippen molar-refractivity contribution in [3.05, 3.63) is 54.5 Å². The number of hydrogen-bond acceptors (Lipinski definition) is 2. The Labute approximate surface area is 106 Å². The van der Waals surface area contributed by atoms with Crippen molar-refractivity contribution in [2.24, 2.45) is 7.05 Å². The third-order valence-electron chi connectivity index (χ3n) is 2.14. The first kappa shape index (κ1) is 13.0. The van der Waals surface area contributed by atoms with Gasteiger partial charge >= 0.3 is 0 Å². The second-order valence-electron chi connectivity index (χ2n) is 3.29. The van der Waals surface area contributed by atoms with Crippen LogP contribution >= 0.6 is 11.8 Å². The lowest BCUT2D eigenvalue weighted by Crippen LogP contribution is -3.00. The van der Waals surface area contributed by atoms with Crippen molar-refractivity contribution in [1.82, 2.24) is 4.98 Å². The molecule has 0 saturated carbocycles. The highest BCUT2D eigenvalue weighted by molar-refractivity contribution is 7.98. The molecular formula is C12H13ClN2S. The molecule has 84 valence electrons. The molecule has 0 bridgehead atoms. The summed E-state index contributed by atoms with van der Waals surface area (Å²) in [6, 6.07) is 10.3. The van der Waals surface area contributed by atoms with Gasteiger partial charge in [0.1, 0.15) is 7.05 Å². The molecule has 0 aliphatic heterocycles. The van der Waals surface area contributed by atoms with Crippen LogP contribution in [0.25, 0.3) is 0 Å². The number of aryl methyl sites for hydroxylation is 1. The highest BCUT2D eigenvalue weighted by Crippen LogP contribution is 2.18. The maximum Gasteiger partial charge on any atom is 0.240 e. The van der Waals surface area contributed by atoms with Crippen molar-refractivity contribution >= 4 is 11.8 Å². The Hall–Kier alpha value is -1.06. The minimum atomic E-state index is 0. The van der Waals surface area contributed by atoms with E-state index in [-0.39, 0.29) is 12.4 Å². The lowest BCUT2D eigenvalue weighted by molar-refractivity contribution is -0.708. The number of pyridine rings is 2. The maximum absolute atomic E-state index is 4.00. The van der Waals surface area contributed by atoms with Crippen LogP contribution in [-0.4, -0.2) is 4.98 Å². The van der Waals surface area contributed by atoms with Gasteiger partial charge in [0, 0.05) is 30.3 Å². The van der Waals surface area contributed by atoms with Crippen LogP contribution in [0.15, 0.2) is 53.9 Å². The molecule has 0 aliphatic rings. The average molecular weight is 253 g/mol. The molecule has 2 nitrogen and oxygen atoms in total. The van der Waals surface area contributed by atoms with Gasteiger partial charge in [-0.2, -0.15) is 4.57 Å². The lowest BCUT2D eigenvalue weighted by atomic mass is 10.3. The third-order valence-corrected chi connectivity index (χ3v) is 3.34. The Balaban J connectivity index is 0.00000128. The van der Waals surface area contributed by atoms with E-state index in [1.807, 2.05) is 30.2 Å². The van der Waals surface area contributed by atoms with Crippen molar-refractivity contribution in [2.45, 2.75) is 10.8 Å². The van der Waals surface area contributed by atoms with E-state index in [2.05, 4.69) is 47.1 Å². The monoisotopic (exact) mass is 252 g/mol. The van der Waals surface area contributed by atoms with Crippen LogP contribution in [0.2, 0.25) is 0 Å². The fourth-order valence-corrected chi connectivity index (χ4v) is 2.24. The molecule has 0 spiro atoms. The standard InChI is InChI=1S/C12H13N2S.ClH/c1-14-9-3-2-4-12(14)15-10-11-5-7-13-8-6-11;/h2-9H,10H2,1H3;1H/q+1;/p-1. The minimum Gasteiger partial charge on any atom is -1.00 e. The summed E-state index contributed by atoms with van der Waals surface area (Å²) < 4.78 is 2.13. The Morgan fingerprint density at radius 3 is 2.62 bits per heavy atom. The molecular weight excluding hydrogens is 240 g/mol. The van der Waals surface area contributed by atoms with Crippen LogP contribution in [-0.2, 0) is 12.8 Å². The number of hydrogen-bond donors (Lipinski definition) is 0. The second-order valence-corrected chi connectivity index (χ2v) is 4.29. The SMILES string of the molecule is C[n+]1ccccc1SCc1ccncc1.[Cl-]. The molecule has 0 amide bonds. The van der Waals surface area contributed by atoms with Crippen LogP contribution in [0.1, 0.15) is 5.56 Å². The zero-order valence-corrected chi connectivity index (χ0v) is 10.6. The van der Waals surface area contributed by atoms with Gasteiger partial charge in [-0.3, -0.25) is 4.98 Å². The van der Waals surface area contributed by atoms with Crippen LogP contribution in [0, 0.1) is 0 Å². The molecule has 2 aromatic rings. The number of aromatic nitrogens is 2. The third kappa shape index (κ3) is 3.51. The Kier molecular flexibility index (Phi) is 5.29. The van der Waals surface area contributed by atoms with Gasteiger partial charge in [-0.15, -0.1) is 0 Å². The highest BCUT2D eigenvalue weighted by Gasteiger charge is 2.04. The summed E-state index contributed by atoms with van der Waals surface area (Å²) >= 11 is 1.84. The van der Waals surface area contributed by atoms with Crippen molar-refractivity contribution in [1.29, 1.82) is 0 Å². The van der Waals surface area contributed by atoms with Crippen molar-refractivity contribution in [2.75, 3.05) is 0 Å². The molecule has 4 heteroatoms. The fourth-order valence-electron chi connectivity index (χ4n) is 1.29. The van der Waals surface area contributed by atoms with Crippen LogP contribution in [0.5, 0.6) is 0 Å². The zero-order chi connectivity index (χ0) is 10.5. The smallest absolute Gasteiger partial charge is 0.240 e. The Morgan fingerprint density at radius 1 is 1.19 bits per heavy atom. The maximum atomic E-state index is 4.00. The summed E-state index contributed by atoms with van der Waals surface area (Å²) in [5.74, 6) is 0.986. The van der Waals surface area contributed by atoms with Gasteiger partial charge in [-0.1, -0.05) is 11.8 Å². The van der Waals surface area contributed by atoms with Crippen LogP contribution in [0.3, 0.4) is 0 Å². The summed E-state index contributed by atoms with van der Waals surface area (Å²) in [6.45, 7) is 0. The van der Waals surface area contributed by atoms with Gasteiger partial charge in [0.15, 0.2) is 6.20 Å². The summed E-state index contributed by atoms with van der Waals surface area (Å²) in [5, 5.41) is 1.27. The molecule has 2 rings (SSSR count). The molecule has 0 aliphatic carbocycles. The largest absolute Gasteiger partial charge is 1.00 e. The van der Waals surface area contributed by atoms with E-state index in [4.69, 9.17) is 0 Å². The van der Waals surface area contributed by atoms with Crippen molar-refractivity contribution in [3.8, 4) is 0 Å². The first-order valence-electron chi connectivity index (χ1n) is 4.82. The van der Waals surface area contributed by atoms with Gasteiger partial charge in [-0.25, -0.2) is 0 Å². The normalized spacial score (nSPS) is 9.56. The van der Waals surface area contributed by atoms with Gasteiger partial charge in [-0.05, 0) is 23.8 Å². The van der Waals surface area contributed by atoms with E-state index in [0.29, 0.717) is 0 Å². The van der Waals surface area contributed by atoms with Crippen molar-refractivity contribution in [3.63, 3.8) is 0 Å². The van der Waals surface area contributed by atoms with E-state index in [9.17, 15) is 0 Å². The topological polar surface area (TPSA) is 16.8 Å². The number of nitrogens with zero attached hydrogens (tertiary/aromatic N) is 2. The molecule has 0 unspecified atom stereocenters. The van der Waals surface area contributed by atoms with E-state index in [0.717, 1.165) is 5.75 Å². The van der Waals surface area contributed by atoms with E-state index < -0.39 is 0 Å². The summed E-state index contributed by atoms with van der Waals surface area (Å²) in [6.07, 6.45) is 5.73. The Morgan fingerprint density at radius 2 is 1.94 bits per heavy atom. The quantitative estimate of drug-likeness (QED) is 0.526. The van der Waals surface area contributed by atoms with Gasteiger partial charge < -0.3 is 12.4 Å². The van der Waals surface area contributed by atoms with Crippen LogP contribution < -0.4 is 17.0 Å². The number of thioether (sulfide) groups is 1. The minimum absolute atomic E-state index is 0. The molecule has 0 saturated heterocycles. The number of rotatable bonds is 3. The Bertz CT molecular complexity index is 434. The predicted octanol–water partition coefficient (Wildman–Crippen LogP) is -0.798. The summed E-state index contributed by atoms with van der Waals surface area (Å²) in [5.41, 5.74) is 1.30. The lowest BCUT2D eigenvalue weighted by Gasteiger charge is -1.99. The summed E-state index contributed by atoms with van der Waals surface area (Å²) in [7, 11) is 2.06. The van der Waals surface area contributed by atoms with Crippen molar-refractivity contribution < 1.29 is 17.0 Å². The summed E-state index contributed by atoms with van der Waals surface area (Å²) in [4.78, 5) is 4.00. The van der Waals surface area contributed by atoms with Crippen LogP contribution in [0.4, 0.5) is 0 Å². The molecule has 2 aromatic heterocycles. The van der Waals surface area contributed by atoms with Gasteiger partial charge in [0.2, 0.25) is 5.03 Å². The molecule has 0 atom stereocenters. The van der Waals surface area contributed by atoms with Gasteiger partial charge in [0.05, 0.1) is 0 Å². The molecule has 0 aromatic carbocycles. The molecule has 0 fully saturated rings. The van der Waals surface area contributed by atoms with E-state index in [1.165, 1.54) is 10.6 Å². The fraction of sp³-hybridized carbons (Fsp3) is 0.167. The molecule has 2 heterocycles. The van der Waals surface area contributed by atoms with E-state index in [1.54, 1.807) is 0 Å². The highest BCUT2D eigenvalue weighted by atomic mass is 35.5. The first-order valence-corrected chi connectivity index (χ1v) is 5.81.